The van der Waals surface area contributed by atoms with Crippen LogP contribution < -0.4 is 19.6 Å². The fourth-order valence-electron chi connectivity index (χ4n) is 3.71. The zero-order valence-electron chi connectivity index (χ0n) is 18.9. The summed E-state index contributed by atoms with van der Waals surface area (Å²) in [5.74, 6) is 0. The molecule has 0 atom stereocenters. The van der Waals surface area contributed by atoms with Crippen molar-refractivity contribution in [3.8, 4) is 0 Å². The fraction of sp³-hybridized carbons (Fsp3) is 0.500. The van der Waals surface area contributed by atoms with E-state index in [2.05, 4.69) is 96.3 Å². The third kappa shape index (κ3) is 5.80. The third-order valence-corrected chi connectivity index (χ3v) is 5.69. The second-order valence-corrected chi connectivity index (χ2v) is 7.89. The normalized spacial score (nSPS) is 17.7. The van der Waals surface area contributed by atoms with Gasteiger partial charge in [-0.2, -0.15) is 0 Å². The third-order valence-electron chi connectivity index (χ3n) is 5.69. The van der Waals surface area contributed by atoms with Gasteiger partial charge in [0.15, 0.2) is 0 Å². The molecule has 6 heteroatoms. The van der Waals surface area contributed by atoms with Crippen LogP contribution in [0.1, 0.15) is 0 Å². The van der Waals surface area contributed by atoms with Crippen molar-refractivity contribution in [1.82, 2.24) is 0 Å². The average Bonchev–Trinajstić information content (AvgIpc) is 2.77. The van der Waals surface area contributed by atoms with Crippen molar-refractivity contribution in [2.24, 2.45) is 0 Å². The first-order valence-electron chi connectivity index (χ1n) is 10.8. The van der Waals surface area contributed by atoms with Crippen LogP contribution in [0.4, 0.5) is 22.7 Å². The van der Waals surface area contributed by atoms with E-state index in [1.807, 2.05) is 0 Å². The van der Waals surface area contributed by atoms with Crippen molar-refractivity contribution in [1.29, 1.82) is 0 Å². The monoisotopic (exact) mass is 412 g/mol. The van der Waals surface area contributed by atoms with Gasteiger partial charge < -0.3 is 29.1 Å². The molecule has 1 heterocycles. The summed E-state index contributed by atoms with van der Waals surface area (Å²) in [6, 6.07) is 17.1. The van der Waals surface area contributed by atoms with E-state index in [0.717, 1.165) is 26.2 Å². The number of anilines is 4. The predicted molar refractivity (Wildman–Crippen MR) is 128 cm³/mol. The molecule has 30 heavy (non-hydrogen) atoms. The number of hydrogen-bond acceptors (Lipinski definition) is 6. The Bertz CT molecular complexity index is 658. The minimum absolute atomic E-state index is 0.701. The van der Waals surface area contributed by atoms with Crippen molar-refractivity contribution >= 4 is 22.7 Å². The van der Waals surface area contributed by atoms with Gasteiger partial charge in [0.1, 0.15) is 0 Å². The van der Waals surface area contributed by atoms with Crippen LogP contribution in [0.15, 0.2) is 48.5 Å². The van der Waals surface area contributed by atoms with Crippen LogP contribution in [-0.2, 0) is 9.47 Å². The molecular weight excluding hydrogens is 376 g/mol. The number of hydrogen-bond donors (Lipinski definition) is 0. The first-order valence-corrected chi connectivity index (χ1v) is 10.8. The lowest BCUT2D eigenvalue weighted by atomic mass is 10.2. The minimum Gasteiger partial charge on any atom is -0.378 e. The van der Waals surface area contributed by atoms with Crippen LogP contribution in [0, 0.1) is 0 Å². The molecular formula is C24H36N4O2. The maximum Gasteiger partial charge on any atom is 0.0642 e. The van der Waals surface area contributed by atoms with Crippen molar-refractivity contribution in [2.45, 2.75) is 0 Å². The first-order chi connectivity index (χ1) is 14.6. The summed E-state index contributed by atoms with van der Waals surface area (Å²) in [7, 11) is 8.51. The van der Waals surface area contributed by atoms with Crippen LogP contribution >= 0.6 is 0 Å². The molecule has 0 saturated heterocycles. The van der Waals surface area contributed by atoms with Gasteiger partial charge in [-0.15, -0.1) is 0 Å². The number of fused-ring (bicyclic) bond motifs is 2. The molecule has 0 amide bonds. The molecule has 164 valence electrons. The number of rotatable bonds is 0. The lowest BCUT2D eigenvalue weighted by Crippen LogP contribution is -2.31. The van der Waals surface area contributed by atoms with Crippen molar-refractivity contribution < 1.29 is 9.47 Å². The maximum absolute atomic E-state index is 5.97. The summed E-state index contributed by atoms with van der Waals surface area (Å²) in [6.45, 7) is 6.21. The van der Waals surface area contributed by atoms with E-state index >= 15 is 0 Å². The Kier molecular flexibility index (Phi) is 8.22. The Hall–Kier alpha value is -2.44. The second-order valence-electron chi connectivity index (χ2n) is 7.89. The molecule has 0 spiro atoms. The fourth-order valence-corrected chi connectivity index (χ4v) is 3.71. The molecule has 2 aromatic rings. The summed E-state index contributed by atoms with van der Waals surface area (Å²) in [4.78, 5) is 9.07. The highest BCUT2D eigenvalue weighted by Gasteiger charge is 2.13. The summed E-state index contributed by atoms with van der Waals surface area (Å²) in [5, 5.41) is 0. The Morgan fingerprint density at radius 1 is 0.467 bits per heavy atom. The highest BCUT2D eigenvalue weighted by molar-refractivity contribution is 5.71. The Labute approximate surface area is 181 Å². The average molecular weight is 413 g/mol. The van der Waals surface area contributed by atoms with Gasteiger partial charge in [-0.3, -0.25) is 0 Å². The van der Waals surface area contributed by atoms with Crippen LogP contribution in [0.25, 0.3) is 0 Å². The number of likely N-dealkylation sites (N-methyl/N-ethyl adjacent to an activating group) is 4. The van der Waals surface area contributed by atoms with Gasteiger partial charge in [0.05, 0.1) is 49.2 Å². The lowest BCUT2D eigenvalue weighted by Gasteiger charge is -2.29. The summed E-state index contributed by atoms with van der Waals surface area (Å²) < 4.78 is 11.9. The molecule has 2 aromatic carbocycles. The van der Waals surface area contributed by atoms with Crippen LogP contribution in [0.2, 0.25) is 0 Å². The topological polar surface area (TPSA) is 31.4 Å². The SMILES string of the molecule is CN1CCOCCN(C)c2ccccc2N(C)CCOCCN(C)c2ccccc21. The molecule has 6 nitrogen and oxygen atoms in total. The zero-order chi connectivity index (χ0) is 21.3. The van der Waals surface area contributed by atoms with Gasteiger partial charge in [0.2, 0.25) is 0 Å². The van der Waals surface area contributed by atoms with Crippen molar-refractivity contribution in [2.75, 3.05) is 100 Å². The molecule has 1 aliphatic heterocycles. The Morgan fingerprint density at radius 3 is 0.933 bits per heavy atom. The molecule has 0 aromatic heterocycles. The molecule has 0 saturated carbocycles. The largest absolute Gasteiger partial charge is 0.378 e. The molecule has 3 rings (SSSR count). The van der Waals surface area contributed by atoms with E-state index in [1.165, 1.54) is 22.7 Å². The Balaban J connectivity index is 1.72. The molecule has 0 bridgehead atoms. The number of para-hydroxylation sites is 4. The number of benzene rings is 2. The van der Waals surface area contributed by atoms with Gasteiger partial charge >= 0.3 is 0 Å². The summed E-state index contributed by atoms with van der Waals surface area (Å²) in [6.07, 6.45) is 0. The van der Waals surface area contributed by atoms with E-state index in [0.29, 0.717) is 26.4 Å². The van der Waals surface area contributed by atoms with Crippen LogP contribution in [0.5, 0.6) is 0 Å². The predicted octanol–water partition coefficient (Wildman–Crippen LogP) is 3.18. The second kappa shape index (κ2) is 11.1. The Morgan fingerprint density at radius 2 is 0.700 bits per heavy atom. The van der Waals surface area contributed by atoms with Gasteiger partial charge in [0, 0.05) is 54.4 Å². The van der Waals surface area contributed by atoms with Crippen molar-refractivity contribution in [3.05, 3.63) is 48.5 Å². The quantitative estimate of drug-likeness (QED) is 0.661. The highest BCUT2D eigenvalue weighted by Crippen LogP contribution is 2.28. The molecule has 0 fully saturated rings. The summed E-state index contributed by atoms with van der Waals surface area (Å²) in [5.41, 5.74) is 4.87. The molecule has 0 N–H and O–H groups in total. The number of ether oxygens (including phenoxy) is 2. The molecule has 0 radical (unpaired) electrons. The molecule has 0 aliphatic carbocycles. The van der Waals surface area contributed by atoms with Crippen molar-refractivity contribution in [3.63, 3.8) is 0 Å². The van der Waals surface area contributed by atoms with E-state index in [9.17, 15) is 0 Å². The smallest absolute Gasteiger partial charge is 0.0642 e. The standard InChI is InChI=1S/C24H36N4O2/c1-25-13-17-29-18-15-27(3)23-11-7-8-12-24(23)28(4)16-20-30-19-14-26(2)22-10-6-5-9-21(22)25/h5-12H,13-20H2,1-4H3. The van der Waals surface area contributed by atoms with E-state index < -0.39 is 0 Å². The number of nitrogens with zero attached hydrogens (tertiary/aromatic N) is 4. The van der Waals surface area contributed by atoms with Gasteiger partial charge in [0.25, 0.3) is 0 Å². The van der Waals surface area contributed by atoms with E-state index in [4.69, 9.17) is 9.47 Å². The van der Waals surface area contributed by atoms with E-state index in [-0.39, 0.29) is 0 Å². The van der Waals surface area contributed by atoms with Gasteiger partial charge in [-0.25, -0.2) is 0 Å². The summed E-state index contributed by atoms with van der Waals surface area (Å²) >= 11 is 0. The zero-order valence-corrected chi connectivity index (χ0v) is 18.9. The molecule has 0 unspecified atom stereocenters. The minimum atomic E-state index is 0.701. The van der Waals surface area contributed by atoms with Gasteiger partial charge in [-0.05, 0) is 24.3 Å². The molecule has 1 aliphatic rings. The van der Waals surface area contributed by atoms with E-state index in [1.54, 1.807) is 0 Å². The van der Waals surface area contributed by atoms with Crippen LogP contribution in [-0.4, -0.2) is 80.8 Å². The van der Waals surface area contributed by atoms with Gasteiger partial charge in [-0.1, -0.05) is 24.3 Å². The lowest BCUT2D eigenvalue weighted by molar-refractivity contribution is 0.146. The maximum atomic E-state index is 5.97. The highest BCUT2D eigenvalue weighted by atomic mass is 16.5. The van der Waals surface area contributed by atoms with Crippen LogP contribution in [0.3, 0.4) is 0 Å². The first kappa shape index (κ1) is 22.2.